The second-order valence-electron chi connectivity index (χ2n) is 5.63. The van der Waals surface area contributed by atoms with Gasteiger partial charge in [0.05, 0.1) is 12.2 Å². The van der Waals surface area contributed by atoms with Gasteiger partial charge in [0.2, 0.25) is 5.91 Å². The van der Waals surface area contributed by atoms with E-state index in [1.54, 1.807) is 0 Å². The third-order valence-corrected chi connectivity index (χ3v) is 5.14. The van der Waals surface area contributed by atoms with Crippen molar-refractivity contribution in [1.29, 1.82) is 0 Å². The standard InChI is InChI=1S/C15H21Br2N3O/c1-10-2-3-11(7-18)8-20(10)9-15(21)19-14-5-4-12(16)6-13(14)17/h4-6,10-11H,2-3,7-9,18H2,1H3,(H,19,21). The minimum Gasteiger partial charge on any atom is -0.330 e. The Morgan fingerprint density at radius 1 is 1.43 bits per heavy atom. The summed E-state index contributed by atoms with van der Waals surface area (Å²) in [7, 11) is 0. The van der Waals surface area contributed by atoms with Crippen molar-refractivity contribution < 1.29 is 4.79 Å². The highest BCUT2D eigenvalue weighted by Gasteiger charge is 2.26. The van der Waals surface area contributed by atoms with E-state index in [1.807, 2.05) is 18.2 Å². The molecule has 0 aromatic heterocycles. The van der Waals surface area contributed by atoms with E-state index in [-0.39, 0.29) is 5.91 Å². The summed E-state index contributed by atoms with van der Waals surface area (Å²) in [4.78, 5) is 14.5. The molecule has 1 fully saturated rings. The van der Waals surface area contributed by atoms with Crippen LogP contribution in [0.3, 0.4) is 0 Å². The van der Waals surface area contributed by atoms with E-state index in [9.17, 15) is 4.79 Å². The minimum atomic E-state index is 0.0162. The quantitative estimate of drug-likeness (QED) is 0.789. The van der Waals surface area contributed by atoms with E-state index < -0.39 is 0 Å². The molecule has 0 saturated carbocycles. The van der Waals surface area contributed by atoms with Crippen molar-refractivity contribution in [1.82, 2.24) is 4.90 Å². The first-order valence-corrected chi connectivity index (χ1v) is 8.77. The Kier molecular flexibility index (Phi) is 6.22. The number of rotatable bonds is 4. The highest BCUT2D eigenvalue weighted by Crippen LogP contribution is 2.26. The van der Waals surface area contributed by atoms with Gasteiger partial charge in [-0.25, -0.2) is 0 Å². The molecule has 2 unspecified atom stereocenters. The topological polar surface area (TPSA) is 58.4 Å². The molecule has 0 spiro atoms. The SMILES string of the molecule is CC1CCC(CN)CN1CC(=O)Nc1ccc(Br)cc1Br. The van der Waals surface area contributed by atoms with Crippen LogP contribution in [0.1, 0.15) is 19.8 Å². The number of nitrogens with two attached hydrogens (primary N) is 1. The van der Waals surface area contributed by atoms with Gasteiger partial charge in [-0.1, -0.05) is 15.9 Å². The van der Waals surface area contributed by atoms with E-state index in [4.69, 9.17) is 5.73 Å². The number of likely N-dealkylation sites (tertiary alicyclic amines) is 1. The average molecular weight is 419 g/mol. The number of piperidine rings is 1. The van der Waals surface area contributed by atoms with Crippen molar-refractivity contribution in [2.75, 3.05) is 25.0 Å². The second-order valence-corrected chi connectivity index (χ2v) is 7.40. The molecule has 2 atom stereocenters. The first-order valence-electron chi connectivity index (χ1n) is 7.18. The number of amides is 1. The highest BCUT2D eigenvalue weighted by atomic mass is 79.9. The monoisotopic (exact) mass is 417 g/mol. The van der Waals surface area contributed by atoms with Gasteiger partial charge in [-0.15, -0.1) is 0 Å². The maximum Gasteiger partial charge on any atom is 0.238 e. The van der Waals surface area contributed by atoms with E-state index in [2.05, 4.69) is 49.0 Å². The number of nitrogens with zero attached hydrogens (tertiary/aromatic N) is 1. The summed E-state index contributed by atoms with van der Waals surface area (Å²) in [6.45, 7) is 4.20. The van der Waals surface area contributed by atoms with Gasteiger partial charge in [0.25, 0.3) is 0 Å². The molecular formula is C15H21Br2N3O. The van der Waals surface area contributed by atoms with Crippen LogP contribution in [0.4, 0.5) is 5.69 Å². The number of hydrogen-bond donors (Lipinski definition) is 2. The predicted molar refractivity (Wildman–Crippen MR) is 93.3 cm³/mol. The molecule has 4 nitrogen and oxygen atoms in total. The Morgan fingerprint density at radius 3 is 2.86 bits per heavy atom. The van der Waals surface area contributed by atoms with Crippen molar-refractivity contribution in [3.8, 4) is 0 Å². The van der Waals surface area contributed by atoms with Crippen LogP contribution in [0, 0.1) is 5.92 Å². The van der Waals surface area contributed by atoms with Crippen LogP contribution in [-0.2, 0) is 4.79 Å². The van der Waals surface area contributed by atoms with Crippen molar-refractivity contribution in [2.24, 2.45) is 11.7 Å². The normalized spacial score (nSPS) is 23.0. The number of benzene rings is 1. The molecule has 1 aliphatic rings. The fourth-order valence-electron chi connectivity index (χ4n) is 2.64. The summed E-state index contributed by atoms with van der Waals surface area (Å²) < 4.78 is 1.85. The number of anilines is 1. The largest absolute Gasteiger partial charge is 0.330 e. The van der Waals surface area contributed by atoms with Gasteiger partial charge in [0.1, 0.15) is 0 Å². The molecule has 1 amide bonds. The van der Waals surface area contributed by atoms with E-state index in [0.29, 0.717) is 25.0 Å². The van der Waals surface area contributed by atoms with Crippen LogP contribution in [0.15, 0.2) is 27.1 Å². The smallest absolute Gasteiger partial charge is 0.238 e. The fourth-order valence-corrected chi connectivity index (χ4v) is 3.79. The van der Waals surface area contributed by atoms with Gasteiger partial charge in [-0.2, -0.15) is 0 Å². The van der Waals surface area contributed by atoms with Gasteiger partial charge in [-0.3, -0.25) is 9.69 Å². The molecule has 21 heavy (non-hydrogen) atoms. The number of nitrogens with one attached hydrogen (secondary N) is 1. The summed E-state index contributed by atoms with van der Waals surface area (Å²) in [5, 5.41) is 2.96. The Morgan fingerprint density at radius 2 is 2.19 bits per heavy atom. The lowest BCUT2D eigenvalue weighted by molar-refractivity contribution is -0.118. The Balaban J connectivity index is 1.94. The van der Waals surface area contributed by atoms with Gasteiger partial charge in [0, 0.05) is 21.5 Å². The Labute approximate surface area is 142 Å². The first kappa shape index (κ1) is 16.9. The summed E-state index contributed by atoms with van der Waals surface area (Å²) in [5.41, 5.74) is 6.56. The summed E-state index contributed by atoms with van der Waals surface area (Å²) in [5.74, 6) is 0.524. The van der Waals surface area contributed by atoms with Crippen molar-refractivity contribution in [3.63, 3.8) is 0 Å². The lowest BCUT2D eigenvalue weighted by Crippen LogP contribution is -2.47. The minimum absolute atomic E-state index is 0.0162. The maximum atomic E-state index is 12.2. The molecular weight excluding hydrogens is 398 g/mol. The van der Waals surface area contributed by atoms with Gasteiger partial charge >= 0.3 is 0 Å². The fraction of sp³-hybridized carbons (Fsp3) is 0.533. The Bertz CT molecular complexity index is 510. The molecule has 1 aromatic carbocycles. The number of halogens is 2. The van der Waals surface area contributed by atoms with Gasteiger partial charge in [0.15, 0.2) is 0 Å². The second kappa shape index (κ2) is 7.72. The van der Waals surface area contributed by atoms with Crippen molar-refractivity contribution in [3.05, 3.63) is 27.1 Å². The van der Waals surface area contributed by atoms with Crippen LogP contribution < -0.4 is 11.1 Å². The van der Waals surface area contributed by atoms with Crippen LogP contribution >= 0.6 is 31.9 Å². The highest BCUT2D eigenvalue weighted by molar-refractivity contribution is 9.11. The lowest BCUT2D eigenvalue weighted by atomic mass is 9.93. The average Bonchev–Trinajstić information content (AvgIpc) is 2.44. The van der Waals surface area contributed by atoms with Crippen LogP contribution in [0.25, 0.3) is 0 Å². The third kappa shape index (κ3) is 4.77. The van der Waals surface area contributed by atoms with Crippen molar-refractivity contribution >= 4 is 43.5 Å². The zero-order valence-corrected chi connectivity index (χ0v) is 15.3. The zero-order valence-electron chi connectivity index (χ0n) is 12.1. The number of hydrogen-bond acceptors (Lipinski definition) is 3. The molecule has 1 aliphatic heterocycles. The van der Waals surface area contributed by atoms with Crippen molar-refractivity contribution in [2.45, 2.75) is 25.8 Å². The molecule has 116 valence electrons. The van der Waals surface area contributed by atoms with Crippen LogP contribution in [-0.4, -0.2) is 36.5 Å². The molecule has 0 radical (unpaired) electrons. The molecule has 3 N–H and O–H groups in total. The zero-order chi connectivity index (χ0) is 15.4. The van der Waals surface area contributed by atoms with Crippen LogP contribution in [0.5, 0.6) is 0 Å². The van der Waals surface area contributed by atoms with E-state index >= 15 is 0 Å². The molecule has 1 saturated heterocycles. The summed E-state index contributed by atoms with van der Waals surface area (Å²) >= 11 is 6.86. The van der Waals surface area contributed by atoms with Gasteiger partial charge in [-0.05, 0) is 66.4 Å². The molecule has 1 heterocycles. The Hall–Kier alpha value is -0.430. The predicted octanol–water partition coefficient (Wildman–Crippen LogP) is 3.21. The molecule has 2 rings (SSSR count). The van der Waals surface area contributed by atoms with E-state index in [0.717, 1.165) is 34.0 Å². The number of carbonyl (C=O) groups excluding carboxylic acids is 1. The molecule has 0 bridgehead atoms. The molecule has 1 aromatic rings. The van der Waals surface area contributed by atoms with Crippen LogP contribution in [0.2, 0.25) is 0 Å². The molecule has 0 aliphatic carbocycles. The first-order chi connectivity index (χ1) is 9.99. The van der Waals surface area contributed by atoms with Gasteiger partial charge < -0.3 is 11.1 Å². The summed E-state index contributed by atoms with van der Waals surface area (Å²) in [6.07, 6.45) is 2.27. The van der Waals surface area contributed by atoms with E-state index in [1.165, 1.54) is 0 Å². The lowest BCUT2D eigenvalue weighted by Gasteiger charge is -2.37. The number of carbonyl (C=O) groups is 1. The third-order valence-electron chi connectivity index (χ3n) is 3.99. The summed E-state index contributed by atoms with van der Waals surface area (Å²) in [6, 6.07) is 6.15. The maximum absolute atomic E-state index is 12.2. The molecule has 6 heteroatoms.